The molecule has 3 aromatic rings. The van der Waals surface area contributed by atoms with Gasteiger partial charge in [-0.3, -0.25) is 9.88 Å². The van der Waals surface area contributed by atoms with Crippen LogP contribution < -0.4 is 5.32 Å². The normalized spacial score (nSPS) is 17.9. The number of nitrogens with zero attached hydrogens (tertiary/aromatic N) is 4. The molecule has 6 nitrogen and oxygen atoms in total. The minimum absolute atomic E-state index is 0.0623. The summed E-state index contributed by atoms with van der Waals surface area (Å²) in [4.78, 5) is 5.38. The summed E-state index contributed by atoms with van der Waals surface area (Å²) in [6.45, 7) is -0.479. The lowest BCUT2D eigenvalue weighted by molar-refractivity contribution is -0.147. The topological polar surface area (TPSA) is 74.2 Å². The summed E-state index contributed by atoms with van der Waals surface area (Å²) >= 11 is 0. The fraction of sp³-hybridized carbons (Fsp3) is 0.381. The summed E-state index contributed by atoms with van der Waals surface area (Å²) in [5, 5.41) is 22.5. The van der Waals surface area contributed by atoms with Gasteiger partial charge in [0, 0.05) is 41.3 Å². The second-order valence-electron chi connectivity index (χ2n) is 7.88. The standard InChI is InChI=1S/C21H19F6N5O/c22-20(23,24)11-32-7-1-2-13(10-32)29-19-16-9-28-6-5-14(16)18(30-31-19)15-4-3-12(8-17(15)33)21(25,26)27/h3-6,8-9,13,33H,1-2,7,10-11H2,(H,29,31)/t13-/m1/s1. The van der Waals surface area contributed by atoms with Gasteiger partial charge in [-0.1, -0.05) is 0 Å². The highest BCUT2D eigenvalue weighted by molar-refractivity contribution is 6.00. The first-order valence-corrected chi connectivity index (χ1v) is 10.1. The first kappa shape index (κ1) is 23.0. The van der Waals surface area contributed by atoms with E-state index >= 15 is 0 Å². The summed E-state index contributed by atoms with van der Waals surface area (Å²) in [5.41, 5.74) is -0.777. The van der Waals surface area contributed by atoms with Crippen molar-refractivity contribution in [2.24, 2.45) is 0 Å². The number of halogens is 6. The van der Waals surface area contributed by atoms with Gasteiger partial charge in [-0.15, -0.1) is 10.2 Å². The van der Waals surface area contributed by atoms with Gasteiger partial charge in [-0.05, 0) is 43.7 Å². The molecule has 0 saturated carbocycles. The Hall–Kier alpha value is -3.15. The Kier molecular flexibility index (Phi) is 6.04. The summed E-state index contributed by atoms with van der Waals surface area (Å²) in [6.07, 6.45) is -4.74. The third-order valence-electron chi connectivity index (χ3n) is 5.41. The van der Waals surface area contributed by atoms with Crippen LogP contribution in [0.4, 0.5) is 32.2 Å². The SMILES string of the molecule is Oc1cc(C(F)(F)F)ccc1-c1nnc(N[C@@H]2CCCN(CC(F)(F)F)C2)c2cnccc12. The van der Waals surface area contributed by atoms with Crippen LogP contribution in [0.3, 0.4) is 0 Å². The number of aromatic nitrogens is 3. The number of fused-ring (bicyclic) bond motifs is 1. The Morgan fingerprint density at radius 3 is 2.55 bits per heavy atom. The van der Waals surface area contributed by atoms with E-state index in [0.29, 0.717) is 42.0 Å². The number of aromatic hydroxyl groups is 1. The smallest absolute Gasteiger partial charge is 0.416 e. The van der Waals surface area contributed by atoms with Crippen molar-refractivity contribution in [1.29, 1.82) is 0 Å². The highest BCUT2D eigenvalue weighted by atomic mass is 19.4. The highest BCUT2D eigenvalue weighted by Gasteiger charge is 2.33. The van der Waals surface area contributed by atoms with Gasteiger partial charge in [0.25, 0.3) is 0 Å². The van der Waals surface area contributed by atoms with Crippen molar-refractivity contribution in [3.63, 3.8) is 0 Å². The van der Waals surface area contributed by atoms with Gasteiger partial charge < -0.3 is 10.4 Å². The van der Waals surface area contributed by atoms with Crippen LogP contribution in [0.25, 0.3) is 22.0 Å². The molecular weight excluding hydrogens is 452 g/mol. The fourth-order valence-electron chi connectivity index (χ4n) is 3.98. The van der Waals surface area contributed by atoms with Crippen LogP contribution in [0.5, 0.6) is 5.75 Å². The molecule has 1 aliphatic rings. The number of phenols is 1. The number of phenolic OH excluding ortho intramolecular Hbond substituents is 1. The molecule has 1 aliphatic heterocycles. The van der Waals surface area contributed by atoms with E-state index in [-0.39, 0.29) is 23.8 Å². The molecule has 0 bridgehead atoms. The van der Waals surface area contributed by atoms with Gasteiger partial charge in [0.1, 0.15) is 11.4 Å². The van der Waals surface area contributed by atoms with Crippen LogP contribution in [-0.4, -0.2) is 57.0 Å². The molecule has 1 atom stereocenters. The minimum Gasteiger partial charge on any atom is -0.507 e. The molecule has 3 heterocycles. The highest BCUT2D eigenvalue weighted by Crippen LogP contribution is 2.38. The van der Waals surface area contributed by atoms with E-state index in [0.717, 1.165) is 12.1 Å². The van der Waals surface area contributed by atoms with Crippen molar-refractivity contribution in [3.8, 4) is 17.0 Å². The molecule has 0 unspecified atom stereocenters. The van der Waals surface area contributed by atoms with Crippen molar-refractivity contribution in [2.75, 3.05) is 25.0 Å². The zero-order chi connectivity index (χ0) is 23.8. The zero-order valence-electron chi connectivity index (χ0n) is 17.1. The van der Waals surface area contributed by atoms with E-state index in [1.165, 1.54) is 17.3 Å². The number of pyridine rings is 1. The van der Waals surface area contributed by atoms with Crippen LogP contribution >= 0.6 is 0 Å². The average molecular weight is 471 g/mol. The number of benzene rings is 1. The van der Waals surface area contributed by atoms with Gasteiger partial charge in [0.05, 0.1) is 12.1 Å². The lowest BCUT2D eigenvalue weighted by Crippen LogP contribution is -2.46. The summed E-state index contributed by atoms with van der Waals surface area (Å²) in [5.74, 6) is -0.305. The second-order valence-corrected chi connectivity index (χ2v) is 7.88. The Morgan fingerprint density at radius 1 is 1.06 bits per heavy atom. The maximum absolute atomic E-state index is 12.9. The summed E-state index contributed by atoms with van der Waals surface area (Å²) in [7, 11) is 0. The number of hydrogen-bond donors (Lipinski definition) is 2. The molecule has 2 N–H and O–H groups in total. The van der Waals surface area contributed by atoms with Crippen molar-refractivity contribution < 1.29 is 31.4 Å². The Bertz CT molecular complexity index is 1150. The molecule has 4 rings (SSSR count). The minimum atomic E-state index is -4.61. The first-order chi connectivity index (χ1) is 15.5. The number of nitrogens with one attached hydrogen (secondary N) is 1. The maximum Gasteiger partial charge on any atom is 0.416 e. The number of rotatable bonds is 4. The Morgan fingerprint density at radius 2 is 1.85 bits per heavy atom. The van der Waals surface area contributed by atoms with Gasteiger partial charge >= 0.3 is 12.4 Å². The van der Waals surface area contributed by atoms with Crippen LogP contribution in [0.1, 0.15) is 18.4 Å². The third-order valence-corrected chi connectivity index (χ3v) is 5.41. The van der Waals surface area contributed by atoms with Gasteiger partial charge in [-0.25, -0.2) is 0 Å². The summed E-state index contributed by atoms with van der Waals surface area (Å²) in [6, 6.07) is 3.86. The van der Waals surface area contributed by atoms with Crippen molar-refractivity contribution in [3.05, 3.63) is 42.2 Å². The molecule has 0 aliphatic carbocycles. The molecule has 1 aromatic carbocycles. The fourth-order valence-corrected chi connectivity index (χ4v) is 3.98. The van der Waals surface area contributed by atoms with Gasteiger partial charge in [0.15, 0.2) is 5.82 Å². The van der Waals surface area contributed by atoms with Gasteiger partial charge in [0.2, 0.25) is 0 Å². The van der Waals surface area contributed by atoms with Crippen LogP contribution in [0, 0.1) is 0 Å². The van der Waals surface area contributed by atoms with Crippen LogP contribution in [0.2, 0.25) is 0 Å². The van der Waals surface area contributed by atoms with E-state index < -0.39 is 30.2 Å². The van der Waals surface area contributed by atoms with E-state index in [1.54, 1.807) is 6.07 Å². The molecule has 12 heteroatoms. The van der Waals surface area contributed by atoms with E-state index in [2.05, 4.69) is 20.5 Å². The quantitative estimate of drug-likeness (QED) is 0.530. The molecule has 1 fully saturated rings. The maximum atomic E-state index is 12.9. The summed E-state index contributed by atoms with van der Waals surface area (Å²) < 4.78 is 77.0. The number of hydrogen-bond acceptors (Lipinski definition) is 6. The second kappa shape index (κ2) is 8.65. The molecule has 2 aromatic heterocycles. The molecule has 0 radical (unpaired) electrons. The number of likely N-dealkylation sites (tertiary alicyclic amines) is 1. The molecule has 0 amide bonds. The number of alkyl halides is 6. The molecular formula is C21H19F6N5O. The van der Waals surface area contributed by atoms with Crippen LogP contribution in [-0.2, 0) is 6.18 Å². The monoisotopic (exact) mass is 471 g/mol. The predicted molar refractivity (Wildman–Crippen MR) is 109 cm³/mol. The zero-order valence-corrected chi connectivity index (χ0v) is 17.1. The average Bonchev–Trinajstić information content (AvgIpc) is 2.73. The van der Waals surface area contributed by atoms with E-state index in [1.807, 2.05) is 0 Å². The molecule has 33 heavy (non-hydrogen) atoms. The van der Waals surface area contributed by atoms with E-state index in [4.69, 9.17) is 0 Å². The van der Waals surface area contributed by atoms with E-state index in [9.17, 15) is 31.4 Å². The molecule has 176 valence electrons. The van der Waals surface area contributed by atoms with Crippen LogP contribution in [0.15, 0.2) is 36.7 Å². The molecule has 1 saturated heterocycles. The molecule has 0 spiro atoms. The number of piperidine rings is 1. The predicted octanol–water partition coefficient (Wildman–Crippen LogP) is 4.85. The Balaban J connectivity index is 1.64. The van der Waals surface area contributed by atoms with Gasteiger partial charge in [-0.2, -0.15) is 26.3 Å². The van der Waals surface area contributed by atoms with Crippen molar-refractivity contribution in [2.45, 2.75) is 31.2 Å². The lowest BCUT2D eigenvalue weighted by Gasteiger charge is -2.33. The first-order valence-electron chi connectivity index (χ1n) is 10.1. The third kappa shape index (κ3) is 5.27. The Labute approximate surface area is 184 Å². The van der Waals surface area contributed by atoms with Crippen molar-refractivity contribution >= 4 is 16.6 Å². The number of anilines is 1. The largest absolute Gasteiger partial charge is 0.507 e. The van der Waals surface area contributed by atoms with Crippen molar-refractivity contribution in [1.82, 2.24) is 20.1 Å². The lowest BCUT2D eigenvalue weighted by atomic mass is 10.0.